The van der Waals surface area contributed by atoms with Gasteiger partial charge in [0.15, 0.2) is 6.29 Å². The molecule has 6 N–H and O–H groups in total. The number of rotatable bonds is 51. The zero-order valence-corrected chi connectivity index (χ0v) is 46.6. The molecule has 7 unspecified atom stereocenters. The first-order valence-electron chi connectivity index (χ1n) is 30.1. The minimum atomic E-state index is -1.58. The van der Waals surface area contributed by atoms with E-state index in [2.05, 4.69) is 67.8 Å². The van der Waals surface area contributed by atoms with E-state index in [-0.39, 0.29) is 18.5 Å². The fourth-order valence-corrected chi connectivity index (χ4v) is 9.11. The van der Waals surface area contributed by atoms with Crippen LogP contribution in [-0.2, 0) is 23.8 Å². The maximum absolute atomic E-state index is 13.0. The fourth-order valence-electron chi connectivity index (χ4n) is 9.11. The second kappa shape index (κ2) is 51.5. The number of carbonyl (C=O) groups is 2. The van der Waals surface area contributed by atoms with Crippen LogP contribution in [0.15, 0.2) is 60.8 Å². The van der Waals surface area contributed by atoms with Crippen LogP contribution in [0.3, 0.4) is 0 Å². The van der Waals surface area contributed by atoms with Crippen LogP contribution >= 0.6 is 0 Å². The second-order valence-electron chi connectivity index (χ2n) is 20.7. The van der Waals surface area contributed by atoms with Crippen LogP contribution in [0.5, 0.6) is 0 Å². The predicted octanol–water partition coefficient (Wildman–Crippen LogP) is 13.8. The highest BCUT2D eigenvalue weighted by molar-refractivity contribution is 5.76. The Morgan fingerprint density at radius 3 is 1.48 bits per heavy atom. The van der Waals surface area contributed by atoms with E-state index in [1.165, 1.54) is 128 Å². The van der Waals surface area contributed by atoms with Crippen LogP contribution < -0.4 is 5.32 Å². The third kappa shape index (κ3) is 41.2. The summed E-state index contributed by atoms with van der Waals surface area (Å²) in [4.78, 5) is 25.1. The van der Waals surface area contributed by atoms with Crippen molar-refractivity contribution in [1.82, 2.24) is 5.32 Å². The molecule has 7 atom stereocenters. The Hall–Kier alpha value is -2.64. The highest BCUT2D eigenvalue weighted by Gasteiger charge is 2.44. The molecule has 0 aromatic heterocycles. The summed E-state index contributed by atoms with van der Waals surface area (Å²) in [5, 5.41) is 54.2. The van der Waals surface area contributed by atoms with Gasteiger partial charge in [-0.05, 0) is 83.5 Å². The number of carbonyl (C=O) groups excluding carboxylic acids is 2. The molecule has 0 spiro atoms. The molecule has 1 fully saturated rings. The monoisotopic (exact) mass is 1030 g/mol. The molecule has 1 aliphatic heterocycles. The standard InChI is InChI=1S/C62H111NO10/c1-3-5-7-9-11-13-15-16-17-24-27-30-34-38-42-46-50-58(67)71-51-47-43-39-35-31-28-25-22-20-18-19-21-23-26-29-33-37-41-45-49-57(66)63-54(53-72-62-61(70)60(69)59(68)56(52-64)73-62)55(65)48-44-40-36-32-14-12-10-8-6-4-2/h6,8,14,22,25,28,31-32,44,48,54-56,59-62,64-65,68-70H,3-5,7,9-13,15-21,23-24,26-27,29-30,33-43,45-47,49-53H2,1-2H3,(H,63,66)/b8-6+,25-22-,31-28-,32-14+,48-44+. The largest absolute Gasteiger partial charge is 0.466 e. The number of allylic oxidation sites excluding steroid dienone is 9. The summed E-state index contributed by atoms with van der Waals surface area (Å²) in [5.74, 6) is -0.236. The SMILES string of the molecule is CC/C=C/CC/C=C/CC/C=C/C(O)C(COC1OC(CO)C(O)C(O)C1O)NC(=O)CCCCCCCCCCCC/C=C\C=C/CCCCCOC(=O)CCCCCCCCCCCCCCCCCC. The van der Waals surface area contributed by atoms with Crippen LogP contribution in [-0.4, -0.2) is 100 Å². The summed E-state index contributed by atoms with van der Waals surface area (Å²) < 4.78 is 16.6. The molecule has 11 heteroatoms. The van der Waals surface area contributed by atoms with E-state index in [1.54, 1.807) is 6.08 Å². The summed E-state index contributed by atoms with van der Waals surface area (Å²) in [6.07, 6.45) is 56.2. The molecule has 1 saturated heterocycles. The number of aliphatic hydroxyl groups excluding tert-OH is 5. The maximum atomic E-state index is 13.0. The Morgan fingerprint density at radius 1 is 0.521 bits per heavy atom. The minimum absolute atomic E-state index is 0.0266. The zero-order valence-electron chi connectivity index (χ0n) is 46.6. The summed E-state index contributed by atoms with van der Waals surface area (Å²) in [6, 6.07) is -0.842. The van der Waals surface area contributed by atoms with Gasteiger partial charge in [0.2, 0.25) is 5.91 Å². The van der Waals surface area contributed by atoms with E-state index in [0.29, 0.717) is 25.9 Å². The number of hydrogen-bond donors (Lipinski definition) is 6. The third-order valence-corrected chi connectivity index (χ3v) is 13.9. The normalized spacial score (nSPS) is 19.4. The molecule has 11 nitrogen and oxygen atoms in total. The first kappa shape index (κ1) is 68.4. The quantitative estimate of drug-likeness (QED) is 0.0149. The van der Waals surface area contributed by atoms with Crippen molar-refractivity contribution in [2.45, 2.75) is 301 Å². The van der Waals surface area contributed by atoms with Crippen molar-refractivity contribution in [2.24, 2.45) is 0 Å². The van der Waals surface area contributed by atoms with Crippen molar-refractivity contribution in [3.63, 3.8) is 0 Å². The summed E-state index contributed by atoms with van der Waals surface area (Å²) >= 11 is 0. The van der Waals surface area contributed by atoms with E-state index in [9.17, 15) is 35.1 Å². The minimum Gasteiger partial charge on any atom is -0.466 e. The molecular formula is C62H111NO10. The third-order valence-electron chi connectivity index (χ3n) is 13.9. The molecule has 0 bridgehead atoms. The van der Waals surface area contributed by atoms with Gasteiger partial charge in [-0.3, -0.25) is 9.59 Å². The molecule has 0 radical (unpaired) electrons. The molecule has 73 heavy (non-hydrogen) atoms. The molecule has 1 aliphatic rings. The lowest BCUT2D eigenvalue weighted by Gasteiger charge is -2.40. The first-order chi connectivity index (χ1) is 35.7. The number of hydrogen-bond acceptors (Lipinski definition) is 10. The summed E-state index contributed by atoms with van der Waals surface area (Å²) in [6.45, 7) is 4.15. The van der Waals surface area contributed by atoms with Gasteiger partial charge in [-0.25, -0.2) is 0 Å². The van der Waals surface area contributed by atoms with E-state index < -0.39 is 49.5 Å². The van der Waals surface area contributed by atoms with E-state index in [4.69, 9.17) is 14.2 Å². The topological polar surface area (TPSA) is 175 Å². The average Bonchev–Trinajstić information content (AvgIpc) is 3.39. The zero-order chi connectivity index (χ0) is 53.1. The first-order valence-corrected chi connectivity index (χ1v) is 30.1. The molecule has 1 rings (SSSR count). The Balaban J connectivity index is 2.06. The predicted molar refractivity (Wildman–Crippen MR) is 301 cm³/mol. The van der Waals surface area contributed by atoms with Crippen molar-refractivity contribution in [3.8, 4) is 0 Å². The Bertz CT molecular complexity index is 1400. The number of unbranched alkanes of at least 4 members (excludes halogenated alkanes) is 30. The molecule has 1 amide bonds. The number of aliphatic hydroxyl groups is 5. The number of esters is 1. The van der Waals surface area contributed by atoms with Crippen LogP contribution in [0.2, 0.25) is 0 Å². The van der Waals surface area contributed by atoms with Gasteiger partial charge in [0.1, 0.15) is 24.4 Å². The molecule has 1 heterocycles. The smallest absolute Gasteiger partial charge is 0.305 e. The lowest BCUT2D eigenvalue weighted by atomic mass is 9.99. The maximum Gasteiger partial charge on any atom is 0.305 e. The van der Waals surface area contributed by atoms with Crippen molar-refractivity contribution in [3.05, 3.63) is 60.8 Å². The van der Waals surface area contributed by atoms with E-state index in [0.717, 1.165) is 96.3 Å². The van der Waals surface area contributed by atoms with Crippen molar-refractivity contribution >= 4 is 11.9 Å². The molecule has 0 aromatic rings. The van der Waals surface area contributed by atoms with Crippen LogP contribution in [0.25, 0.3) is 0 Å². The fraction of sp³-hybridized carbons (Fsp3) is 0.806. The van der Waals surface area contributed by atoms with Crippen LogP contribution in [0.4, 0.5) is 0 Å². The van der Waals surface area contributed by atoms with Crippen LogP contribution in [0.1, 0.15) is 258 Å². The average molecular weight is 1030 g/mol. The van der Waals surface area contributed by atoms with Crippen molar-refractivity contribution < 1.29 is 49.3 Å². The van der Waals surface area contributed by atoms with Gasteiger partial charge in [0, 0.05) is 12.8 Å². The Morgan fingerprint density at radius 2 is 0.973 bits per heavy atom. The van der Waals surface area contributed by atoms with Gasteiger partial charge >= 0.3 is 5.97 Å². The molecular weight excluding hydrogens is 919 g/mol. The van der Waals surface area contributed by atoms with Crippen molar-refractivity contribution in [2.75, 3.05) is 19.8 Å². The molecule has 0 aromatic carbocycles. The second-order valence-corrected chi connectivity index (χ2v) is 20.7. The Kier molecular flexibility index (Phi) is 48.2. The number of amides is 1. The summed E-state index contributed by atoms with van der Waals surface area (Å²) in [5.41, 5.74) is 0. The van der Waals surface area contributed by atoms with Gasteiger partial charge in [-0.1, -0.05) is 222 Å². The molecule has 0 saturated carbocycles. The van der Waals surface area contributed by atoms with Gasteiger partial charge in [-0.15, -0.1) is 0 Å². The van der Waals surface area contributed by atoms with Gasteiger partial charge in [-0.2, -0.15) is 0 Å². The molecule has 424 valence electrons. The number of ether oxygens (including phenoxy) is 3. The van der Waals surface area contributed by atoms with E-state index >= 15 is 0 Å². The van der Waals surface area contributed by atoms with Gasteiger partial charge in [0.25, 0.3) is 0 Å². The number of nitrogens with one attached hydrogen (secondary N) is 1. The molecule has 0 aliphatic carbocycles. The highest BCUT2D eigenvalue weighted by atomic mass is 16.7. The van der Waals surface area contributed by atoms with E-state index in [1.807, 2.05) is 6.08 Å². The lowest BCUT2D eigenvalue weighted by Crippen LogP contribution is -2.60. The van der Waals surface area contributed by atoms with Gasteiger partial charge in [0.05, 0.1) is 32.0 Å². The van der Waals surface area contributed by atoms with Gasteiger partial charge < -0.3 is 45.1 Å². The van der Waals surface area contributed by atoms with Crippen molar-refractivity contribution in [1.29, 1.82) is 0 Å². The lowest BCUT2D eigenvalue weighted by molar-refractivity contribution is -0.302. The Labute approximate surface area is 446 Å². The summed E-state index contributed by atoms with van der Waals surface area (Å²) in [7, 11) is 0. The van der Waals surface area contributed by atoms with Crippen LogP contribution in [0, 0.1) is 0 Å². The highest BCUT2D eigenvalue weighted by Crippen LogP contribution is 2.23.